The minimum Gasteiger partial charge on any atom is -0.496 e. The smallest absolute Gasteiger partial charge is 0.310 e. The Balaban J connectivity index is 3.00. The molecule has 3 nitrogen and oxygen atoms in total. The van der Waals surface area contributed by atoms with E-state index < -0.39 is 0 Å². The molecule has 0 aliphatic heterocycles. The third-order valence-electron chi connectivity index (χ3n) is 2.57. The maximum absolute atomic E-state index is 11.3. The Morgan fingerprint density at radius 2 is 1.88 bits per heavy atom. The van der Waals surface area contributed by atoms with Gasteiger partial charge >= 0.3 is 5.97 Å². The van der Waals surface area contributed by atoms with Gasteiger partial charge in [0.2, 0.25) is 0 Å². The molecule has 0 saturated heterocycles. The monoisotopic (exact) mass is 236 g/mol. The van der Waals surface area contributed by atoms with Crippen LogP contribution in [0, 0.1) is 5.92 Å². The maximum Gasteiger partial charge on any atom is 0.310 e. The van der Waals surface area contributed by atoms with E-state index in [9.17, 15) is 4.79 Å². The Morgan fingerprint density at radius 3 is 2.41 bits per heavy atom. The molecule has 0 radical (unpaired) electrons. The van der Waals surface area contributed by atoms with Gasteiger partial charge in [-0.1, -0.05) is 32.0 Å². The van der Waals surface area contributed by atoms with Crippen LogP contribution in [0.4, 0.5) is 0 Å². The molecule has 94 valence electrons. The second kappa shape index (κ2) is 6.28. The summed E-state index contributed by atoms with van der Waals surface area (Å²) in [6, 6.07) is 5.90. The molecule has 0 fully saturated rings. The van der Waals surface area contributed by atoms with Crippen molar-refractivity contribution in [2.45, 2.75) is 26.7 Å². The zero-order chi connectivity index (χ0) is 12.8. The van der Waals surface area contributed by atoms with Crippen LogP contribution in [-0.2, 0) is 22.4 Å². The number of hydrogen-bond donors (Lipinski definition) is 0. The van der Waals surface area contributed by atoms with E-state index in [-0.39, 0.29) is 12.4 Å². The number of carbonyl (C=O) groups is 1. The van der Waals surface area contributed by atoms with Gasteiger partial charge in [-0.25, -0.2) is 0 Å². The summed E-state index contributed by atoms with van der Waals surface area (Å²) in [5.41, 5.74) is 2.03. The number of carbonyl (C=O) groups excluding carboxylic acids is 1. The van der Waals surface area contributed by atoms with E-state index in [1.165, 1.54) is 7.11 Å². The molecule has 0 atom stereocenters. The lowest BCUT2D eigenvalue weighted by Gasteiger charge is -2.14. The predicted octanol–water partition coefficient (Wildman–Crippen LogP) is 2.61. The number of esters is 1. The molecule has 1 rings (SSSR count). The molecule has 1 aromatic rings. The Labute approximate surface area is 103 Å². The first kappa shape index (κ1) is 13.6. The minimum absolute atomic E-state index is 0.245. The molecule has 0 spiro atoms. The van der Waals surface area contributed by atoms with E-state index in [0.717, 1.165) is 23.3 Å². The van der Waals surface area contributed by atoms with Crippen molar-refractivity contribution < 1.29 is 14.3 Å². The molecule has 0 saturated carbocycles. The van der Waals surface area contributed by atoms with Gasteiger partial charge in [-0.15, -0.1) is 0 Å². The topological polar surface area (TPSA) is 35.5 Å². The summed E-state index contributed by atoms with van der Waals surface area (Å²) >= 11 is 0. The summed E-state index contributed by atoms with van der Waals surface area (Å²) < 4.78 is 10.1. The zero-order valence-corrected chi connectivity index (χ0v) is 10.9. The van der Waals surface area contributed by atoms with Gasteiger partial charge in [0.25, 0.3) is 0 Å². The van der Waals surface area contributed by atoms with Gasteiger partial charge in [-0.3, -0.25) is 4.79 Å². The highest BCUT2D eigenvalue weighted by Crippen LogP contribution is 2.26. The van der Waals surface area contributed by atoms with Crippen molar-refractivity contribution in [3.05, 3.63) is 29.3 Å². The van der Waals surface area contributed by atoms with Gasteiger partial charge in [-0.2, -0.15) is 0 Å². The van der Waals surface area contributed by atoms with Gasteiger partial charge in [-0.05, 0) is 17.9 Å². The number of rotatable bonds is 5. The Bertz CT molecular complexity index is 383. The zero-order valence-electron chi connectivity index (χ0n) is 10.9. The summed E-state index contributed by atoms with van der Waals surface area (Å²) in [6.07, 6.45) is 1.20. The lowest BCUT2D eigenvalue weighted by Crippen LogP contribution is -2.07. The van der Waals surface area contributed by atoms with Crippen LogP contribution in [-0.4, -0.2) is 20.2 Å². The Morgan fingerprint density at radius 1 is 1.24 bits per heavy atom. The molecule has 0 bridgehead atoms. The largest absolute Gasteiger partial charge is 0.496 e. The van der Waals surface area contributed by atoms with Crippen LogP contribution < -0.4 is 4.74 Å². The van der Waals surface area contributed by atoms with Gasteiger partial charge < -0.3 is 9.47 Å². The Kier molecular flexibility index (Phi) is 5.01. The second-order valence-electron chi connectivity index (χ2n) is 4.46. The van der Waals surface area contributed by atoms with E-state index in [1.807, 2.05) is 18.2 Å². The fourth-order valence-electron chi connectivity index (χ4n) is 1.87. The van der Waals surface area contributed by atoms with E-state index in [4.69, 9.17) is 4.74 Å². The quantitative estimate of drug-likeness (QED) is 0.737. The van der Waals surface area contributed by atoms with E-state index in [1.54, 1.807) is 7.11 Å². The highest BCUT2D eigenvalue weighted by molar-refractivity contribution is 5.73. The summed E-state index contributed by atoms with van der Waals surface area (Å²) in [5, 5.41) is 0. The highest BCUT2D eigenvalue weighted by Gasteiger charge is 2.13. The van der Waals surface area contributed by atoms with Crippen molar-refractivity contribution in [3.63, 3.8) is 0 Å². The van der Waals surface area contributed by atoms with Crippen LogP contribution in [0.5, 0.6) is 5.75 Å². The average Bonchev–Trinajstić information content (AvgIpc) is 2.28. The fourth-order valence-corrected chi connectivity index (χ4v) is 1.87. The van der Waals surface area contributed by atoms with Crippen LogP contribution in [0.25, 0.3) is 0 Å². The van der Waals surface area contributed by atoms with Crippen LogP contribution in [0.3, 0.4) is 0 Å². The number of para-hydroxylation sites is 1. The van der Waals surface area contributed by atoms with Gasteiger partial charge in [0.05, 0.1) is 20.6 Å². The van der Waals surface area contributed by atoms with Crippen molar-refractivity contribution in [3.8, 4) is 5.75 Å². The summed E-state index contributed by atoms with van der Waals surface area (Å²) in [6.45, 7) is 4.32. The molecule has 0 amide bonds. The molecule has 0 unspecified atom stereocenters. The van der Waals surface area contributed by atoms with E-state index in [0.29, 0.717) is 5.92 Å². The molecule has 0 aliphatic rings. The molecule has 0 aliphatic carbocycles. The number of methoxy groups -OCH3 is 2. The number of hydrogen-bond acceptors (Lipinski definition) is 3. The van der Waals surface area contributed by atoms with Crippen LogP contribution in [0.15, 0.2) is 18.2 Å². The number of benzene rings is 1. The molecule has 0 aromatic heterocycles. The molecule has 1 aromatic carbocycles. The molecule has 0 heterocycles. The van der Waals surface area contributed by atoms with E-state index in [2.05, 4.69) is 18.6 Å². The first-order valence-corrected chi connectivity index (χ1v) is 5.80. The summed E-state index contributed by atoms with van der Waals surface area (Å²) in [5.74, 6) is 1.12. The predicted molar refractivity (Wildman–Crippen MR) is 67.3 cm³/mol. The summed E-state index contributed by atoms with van der Waals surface area (Å²) in [7, 11) is 3.03. The van der Waals surface area contributed by atoms with Crippen LogP contribution in [0.1, 0.15) is 25.0 Å². The van der Waals surface area contributed by atoms with Crippen LogP contribution >= 0.6 is 0 Å². The molecular weight excluding hydrogens is 216 g/mol. The maximum atomic E-state index is 11.3. The first-order chi connectivity index (χ1) is 8.08. The first-order valence-electron chi connectivity index (χ1n) is 5.80. The lowest BCUT2D eigenvalue weighted by atomic mass is 9.98. The SMILES string of the molecule is COC(=O)Cc1cccc(CC(C)C)c1OC. The van der Waals surface area contributed by atoms with Crippen molar-refractivity contribution >= 4 is 5.97 Å². The Hall–Kier alpha value is -1.51. The van der Waals surface area contributed by atoms with Crippen LogP contribution in [0.2, 0.25) is 0 Å². The average molecular weight is 236 g/mol. The van der Waals surface area contributed by atoms with Crippen molar-refractivity contribution in [1.82, 2.24) is 0 Å². The van der Waals surface area contributed by atoms with Crippen molar-refractivity contribution in [2.75, 3.05) is 14.2 Å². The normalized spacial score (nSPS) is 10.4. The van der Waals surface area contributed by atoms with Gasteiger partial charge in [0.1, 0.15) is 5.75 Å². The van der Waals surface area contributed by atoms with Gasteiger partial charge in [0, 0.05) is 5.56 Å². The molecule has 0 N–H and O–H groups in total. The third kappa shape index (κ3) is 3.77. The molecular formula is C14H20O3. The molecule has 17 heavy (non-hydrogen) atoms. The second-order valence-corrected chi connectivity index (χ2v) is 4.46. The lowest BCUT2D eigenvalue weighted by molar-refractivity contribution is -0.139. The fraction of sp³-hybridized carbons (Fsp3) is 0.500. The minimum atomic E-state index is -0.245. The number of ether oxygens (including phenoxy) is 2. The highest BCUT2D eigenvalue weighted by atomic mass is 16.5. The summed E-state index contributed by atoms with van der Waals surface area (Å²) in [4.78, 5) is 11.3. The van der Waals surface area contributed by atoms with Gasteiger partial charge in [0.15, 0.2) is 0 Å². The van der Waals surface area contributed by atoms with Crippen molar-refractivity contribution in [1.29, 1.82) is 0 Å². The molecule has 3 heteroatoms. The standard InChI is InChI=1S/C14H20O3/c1-10(2)8-11-6-5-7-12(14(11)17-4)9-13(15)16-3/h5-7,10H,8-9H2,1-4H3. The van der Waals surface area contributed by atoms with Crippen molar-refractivity contribution in [2.24, 2.45) is 5.92 Å². The van der Waals surface area contributed by atoms with E-state index >= 15 is 0 Å². The third-order valence-corrected chi connectivity index (χ3v) is 2.57.